The number of ether oxygens (including phenoxy) is 1. The summed E-state index contributed by atoms with van der Waals surface area (Å²) < 4.78 is 5.69. The van der Waals surface area contributed by atoms with Crippen molar-refractivity contribution in [3.63, 3.8) is 0 Å². The fraction of sp³-hybridized carbons (Fsp3) is 0.273. The SMILES string of the molecule is CCC1C=Cc2ccccc2O1. The summed E-state index contributed by atoms with van der Waals surface area (Å²) in [5.74, 6) is 1.01. The van der Waals surface area contributed by atoms with Gasteiger partial charge in [-0.1, -0.05) is 31.2 Å². The number of fused-ring (bicyclic) bond motifs is 1. The van der Waals surface area contributed by atoms with Gasteiger partial charge in [0.15, 0.2) is 0 Å². The maximum absolute atomic E-state index is 5.69. The van der Waals surface area contributed by atoms with Gasteiger partial charge in [0, 0.05) is 5.56 Å². The Labute approximate surface area is 72.7 Å². The predicted octanol–water partition coefficient (Wildman–Crippen LogP) is 2.87. The van der Waals surface area contributed by atoms with Crippen LogP contribution in [0.25, 0.3) is 6.08 Å². The Hall–Kier alpha value is -1.24. The van der Waals surface area contributed by atoms with Gasteiger partial charge in [-0.3, -0.25) is 0 Å². The van der Waals surface area contributed by atoms with Crippen LogP contribution in [0, 0.1) is 0 Å². The first-order valence-electron chi connectivity index (χ1n) is 4.34. The van der Waals surface area contributed by atoms with Gasteiger partial charge in [-0.05, 0) is 18.6 Å². The van der Waals surface area contributed by atoms with Crippen molar-refractivity contribution in [1.82, 2.24) is 0 Å². The van der Waals surface area contributed by atoms with Crippen molar-refractivity contribution < 1.29 is 4.74 Å². The molecule has 1 atom stereocenters. The molecule has 1 aliphatic rings. The van der Waals surface area contributed by atoms with E-state index in [0.717, 1.165) is 12.2 Å². The third kappa shape index (κ3) is 1.22. The van der Waals surface area contributed by atoms with Crippen LogP contribution in [0.4, 0.5) is 0 Å². The highest BCUT2D eigenvalue weighted by molar-refractivity contribution is 5.59. The molecule has 0 saturated carbocycles. The lowest BCUT2D eigenvalue weighted by atomic mass is 10.1. The third-order valence-corrected chi connectivity index (χ3v) is 2.09. The first-order chi connectivity index (χ1) is 5.90. The van der Waals surface area contributed by atoms with Gasteiger partial charge in [0.05, 0.1) is 0 Å². The number of hydrogen-bond donors (Lipinski definition) is 0. The summed E-state index contributed by atoms with van der Waals surface area (Å²) in [6.45, 7) is 2.13. The molecule has 1 aromatic rings. The van der Waals surface area contributed by atoms with Gasteiger partial charge in [-0.2, -0.15) is 0 Å². The Kier molecular flexibility index (Phi) is 1.86. The zero-order chi connectivity index (χ0) is 8.39. The molecule has 1 heteroatoms. The molecule has 0 N–H and O–H groups in total. The summed E-state index contributed by atoms with van der Waals surface area (Å²) >= 11 is 0. The molecule has 0 aromatic heterocycles. The first kappa shape index (κ1) is 7.41. The van der Waals surface area contributed by atoms with Crippen LogP contribution in [0.2, 0.25) is 0 Å². The third-order valence-electron chi connectivity index (χ3n) is 2.09. The molecule has 0 bridgehead atoms. The minimum absolute atomic E-state index is 0.264. The lowest BCUT2D eigenvalue weighted by molar-refractivity contribution is 0.241. The lowest BCUT2D eigenvalue weighted by Crippen LogP contribution is -2.15. The lowest BCUT2D eigenvalue weighted by Gasteiger charge is -2.19. The zero-order valence-corrected chi connectivity index (χ0v) is 7.16. The van der Waals surface area contributed by atoms with Crippen molar-refractivity contribution in [3.8, 4) is 5.75 Å². The van der Waals surface area contributed by atoms with E-state index in [4.69, 9.17) is 4.74 Å². The van der Waals surface area contributed by atoms with E-state index >= 15 is 0 Å². The molecule has 12 heavy (non-hydrogen) atoms. The van der Waals surface area contributed by atoms with Crippen molar-refractivity contribution in [3.05, 3.63) is 35.9 Å². The van der Waals surface area contributed by atoms with Crippen LogP contribution in [-0.2, 0) is 0 Å². The first-order valence-corrected chi connectivity index (χ1v) is 4.34. The van der Waals surface area contributed by atoms with Crippen LogP contribution < -0.4 is 4.74 Å². The largest absolute Gasteiger partial charge is 0.486 e. The second kappa shape index (κ2) is 3.02. The monoisotopic (exact) mass is 160 g/mol. The van der Waals surface area contributed by atoms with Gasteiger partial charge in [-0.15, -0.1) is 0 Å². The minimum atomic E-state index is 0.264. The quantitative estimate of drug-likeness (QED) is 0.613. The molecule has 0 fully saturated rings. The van der Waals surface area contributed by atoms with Gasteiger partial charge < -0.3 is 4.74 Å². The summed E-state index contributed by atoms with van der Waals surface area (Å²) in [4.78, 5) is 0. The highest BCUT2D eigenvalue weighted by Gasteiger charge is 2.10. The highest BCUT2D eigenvalue weighted by atomic mass is 16.5. The Morgan fingerprint density at radius 1 is 1.33 bits per heavy atom. The van der Waals surface area contributed by atoms with E-state index in [1.165, 1.54) is 5.56 Å². The molecule has 0 radical (unpaired) electrons. The summed E-state index contributed by atoms with van der Waals surface area (Å²) in [6.07, 6.45) is 5.54. The molecule has 0 saturated heterocycles. The molecule has 0 spiro atoms. The smallest absolute Gasteiger partial charge is 0.127 e. The molecule has 1 aliphatic heterocycles. The molecule has 1 heterocycles. The molecule has 62 valence electrons. The van der Waals surface area contributed by atoms with E-state index in [-0.39, 0.29) is 6.10 Å². The van der Waals surface area contributed by atoms with Crippen LogP contribution in [0.5, 0.6) is 5.75 Å². The summed E-state index contributed by atoms with van der Waals surface area (Å²) in [5, 5.41) is 0. The van der Waals surface area contributed by atoms with Crippen molar-refractivity contribution in [2.24, 2.45) is 0 Å². The maximum atomic E-state index is 5.69. The van der Waals surface area contributed by atoms with E-state index in [1.54, 1.807) is 0 Å². The average Bonchev–Trinajstić information content (AvgIpc) is 2.17. The molecular formula is C11H12O. The van der Waals surface area contributed by atoms with Crippen molar-refractivity contribution in [1.29, 1.82) is 0 Å². The predicted molar refractivity (Wildman–Crippen MR) is 50.2 cm³/mol. The van der Waals surface area contributed by atoms with Crippen LogP contribution in [0.3, 0.4) is 0 Å². The summed E-state index contributed by atoms with van der Waals surface area (Å²) in [6, 6.07) is 8.11. The summed E-state index contributed by atoms with van der Waals surface area (Å²) in [7, 11) is 0. The van der Waals surface area contributed by atoms with Crippen LogP contribution in [-0.4, -0.2) is 6.10 Å². The Bertz CT molecular complexity index is 302. The molecule has 1 aromatic carbocycles. The van der Waals surface area contributed by atoms with Gasteiger partial charge in [0.2, 0.25) is 0 Å². The van der Waals surface area contributed by atoms with Crippen LogP contribution in [0.15, 0.2) is 30.3 Å². The second-order valence-electron chi connectivity index (χ2n) is 2.96. The topological polar surface area (TPSA) is 9.23 Å². The van der Waals surface area contributed by atoms with E-state index < -0.39 is 0 Å². The van der Waals surface area contributed by atoms with Crippen LogP contribution in [0.1, 0.15) is 18.9 Å². The molecule has 0 aliphatic carbocycles. The van der Waals surface area contributed by atoms with Gasteiger partial charge in [-0.25, -0.2) is 0 Å². The Morgan fingerprint density at radius 2 is 2.17 bits per heavy atom. The van der Waals surface area contributed by atoms with Gasteiger partial charge in [0.25, 0.3) is 0 Å². The normalized spacial score (nSPS) is 19.9. The number of hydrogen-bond acceptors (Lipinski definition) is 1. The van der Waals surface area contributed by atoms with Crippen molar-refractivity contribution in [2.75, 3.05) is 0 Å². The van der Waals surface area contributed by atoms with E-state index in [1.807, 2.05) is 18.2 Å². The molecular weight excluding hydrogens is 148 g/mol. The molecule has 1 unspecified atom stereocenters. The second-order valence-corrected chi connectivity index (χ2v) is 2.96. The fourth-order valence-corrected chi connectivity index (χ4v) is 1.36. The van der Waals surface area contributed by atoms with Crippen molar-refractivity contribution in [2.45, 2.75) is 19.4 Å². The Balaban J connectivity index is 2.33. The molecule has 0 amide bonds. The van der Waals surface area contributed by atoms with Crippen LogP contribution >= 0.6 is 0 Å². The Morgan fingerprint density at radius 3 is 3.00 bits per heavy atom. The maximum Gasteiger partial charge on any atom is 0.127 e. The number of benzene rings is 1. The molecule has 1 nitrogen and oxygen atoms in total. The van der Waals surface area contributed by atoms with Gasteiger partial charge >= 0.3 is 0 Å². The minimum Gasteiger partial charge on any atom is -0.486 e. The standard InChI is InChI=1S/C11H12O/c1-2-10-8-7-9-5-3-4-6-11(9)12-10/h3-8,10H,2H2,1H3. The summed E-state index contributed by atoms with van der Waals surface area (Å²) in [5.41, 5.74) is 1.18. The average molecular weight is 160 g/mol. The van der Waals surface area contributed by atoms with E-state index in [2.05, 4.69) is 25.1 Å². The number of para-hydroxylation sites is 1. The fourth-order valence-electron chi connectivity index (χ4n) is 1.36. The number of rotatable bonds is 1. The zero-order valence-electron chi connectivity index (χ0n) is 7.16. The van der Waals surface area contributed by atoms with E-state index in [0.29, 0.717) is 0 Å². The van der Waals surface area contributed by atoms with E-state index in [9.17, 15) is 0 Å². The molecule has 2 rings (SSSR count). The highest BCUT2D eigenvalue weighted by Crippen LogP contribution is 2.25. The van der Waals surface area contributed by atoms with Crippen molar-refractivity contribution >= 4 is 6.08 Å². The van der Waals surface area contributed by atoms with Gasteiger partial charge in [0.1, 0.15) is 11.9 Å².